The third kappa shape index (κ3) is 4.41. The van der Waals surface area contributed by atoms with Crippen LogP contribution in [0.5, 0.6) is 11.5 Å². The Balaban J connectivity index is 2.11. The highest BCUT2D eigenvalue weighted by Crippen LogP contribution is 2.23. The molecule has 4 N–H and O–H groups in total. The van der Waals surface area contributed by atoms with Crippen molar-refractivity contribution >= 4 is 17.7 Å². The number of nitrogens with zero attached hydrogens (tertiary/aromatic N) is 1. The molecule has 0 unspecified atom stereocenters. The largest absolute Gasteiger partial charge is 0.480 e. The number of aliphatic carboxylic acids is 1. The van der Waals surface area contributed by atoms with E-state index < -0.39 is 18.5 Å². The fraction of sp³-hybridized carbons (Fsp3) is 0.0667. The first kappa shape index (κ1) is 15.2. The number of ether oxygens (including phenoxy) is 1. The van der Waals surface area contributed by atoms with E-state index in [1.165, 1.54) is 0 Å². The third-order valence-electron chi connectivity index (χ3n) is 2.67. The number of carbonyl (C=O) groups excluding carboxylic acids is 1. The van der Waals surface area contributed by atoms with Crippen molar-refractivity contribution in [2.75, 3.05) is 11.6 Å². The second-order valence-corrected chi connectivity index (χ2v) is 4.36. The zero-order valence-electron chi connectivity index (χ0n) is 11.6. The molecule has 0 saturated heterocycles. The maximum Gasteiger partial charge on any atom is 0.330 e. The van der Waals surface area contributed by atoms with Crippen molar-refractivity contribution in [2.24, 2.45) is 5.73 Å². The zero-order chi connectivity index (χ0) is 15.9. The molecule has 2 rings (SSSR count). The number of rotatable bonds is 6. The van der Waals surface area contributed by atoms with Crippen molar-refractivity contribution < 1.29 is 19.4 Å². The first-order valence-corrected chi connectivity index (χ1v) is 6.43. The number of para-hydroxylation sites is 1. The highest BCUT2D eigenvalue weighted by molar-refractivity contribution is 5.78. The van der Waals surface area contributed by atoms with Crippen molar-refractivity contribution in [3.63, 3.8) is 0 Å². The predicted molar refractivity (Wildman–Crippen MR) is 80.7 cm³/mol. The van der Waals surface area contributed by atoms with E-state index in [-0.39, 0.29) is 0 Å². The van der Waals surface area contributed by atoms with E-state index in [0.717, 1.165) is 5.01 Å². The number of primary amides is 1. The number of hydrogen-bond donors (Lipinski definition) is 3. The molecular formula is C15H15N3O4. The van der Waals surface area contributed by atoms with Gasteiger partial charge in [-0.05, 0) is 36.4 Å². The van der Waals surface area contributed by atoms with Gasteiger partial charge < -0.3 is 15.6 Å². The fourth-order valence-electron chi connectivity index (χ4n) is 1.78. The molecule has 0 heterocycles. The van der Waals surface area contributed by atoms with Gasteiger partial charge in [0, 0.05) is 0 Å². The van der Waals surface area contributed by atoms with Gasteiger partial charge in [-0.25, -0.2) is 10.2 Å². The lowest BCUT2D eigenvalue weighted by molar-refractivity contribution is -0.135. The van der Waals surface area contributed by atoms with Gasteiger partial charge in [0.25, 0.3) is 0 Å². The highest BCUT2D eigenvalue weighted by Gasteiger charge is 2.12. The summed E-state index contributed by atoms with van der Waals surface area (Å²) in [5.41, 5.74) is 7.75. The Kier molecular flexibility index (Phi) is 4.81. The minimum atomic E-state index is -1.10. The predicted octanol–water partition coefficient (Wildman–Crippen LogP) is 1.95. The van der Waals surface area contributed by atoms with Crippen LogP contribution < -0.4 is 20.9 Å². The molecule has 0 bridgehead atoms. The Bertz CT molecular complexity index is 628. The van der Waals surface area contributed by atoms with Crippen LogP contribution in [0.4, 0.5) is 10.5 Å². The van der Waals surface area contributed by atoms with E-state index >= 15 is 0 Å². The minimum Gasteiger partial charge on any atom is -0.480 e. The van der Waals surface area contributed by atoms with Crippen LogP contribution in [0.1, 0.15) is 0 Å². The summed E-state index contributed by atoms with van der Waals surface area (Å²) in [6.45, 7) is -0.415. The number of carboxylic acid groups (broad SMARTS) is 1. The number of carbonyl (C=O) groups is 2. The number of hydrogen-bond acceptors (Lipinski definition) is 4. The Morgan fingerprint density at radius 2 is 1.64 bits per heavy atom. The Labute approximate surface area is 126 Å². The van der Waals surface area contributed by atoms with Crippen molar-refractivity contribution in [3.05, 3.63) is 54.6 Å². The summed E-state index contributed by atoms with van der Waals surface area (Å²) in [6.07, 6.45) is 0. The summed E-state index contributed by atoms with van der Waals surface area (Å²) in [7, 11) is 0. The third-order valence-corrected chi connectivity index (χ3v) is 2.67. The number of anilines is 1. The zero-order valence-corrected chi connectivity index (χ0v) is 11.6. The van der Waals surface area contributed by atoms with Gasteiger partial charge in [0.05, 0.1) is 5.69 Å². The van der Waals surface area contributed by atoms with Crippen LogP contribution >= 0.6 is 0 Å². The highest BCUT2D eigenvalue weighted by atomic mass is 16.5. The number of nitrogens with two attached hydrogens (primary N) is 1. The summed E-state index contributed by atoms with van der Waals surface area (Å²) in [6, 6.07) is 15.0. The molecule has 7 nitrogen and oxygen atoms in total. The van der Waals surface area contributed by atoms with E-state index in [4.69, 9.17) is 15.6 Å². The molecule has 0 spiro atoms. The summed E-state index contributed by atoms with van der Waals surface area (Å²) in [5, 5.41) is 9.98. The van der Waals surface area contributed by atoms with E-state index in [2.05, 4.69) is 5.43 Å². The lowest BCUT2D eigenvalue weighted by Gasteiger charge is -2.22. The van der Waals surface area contributed by atoms with E-state index in [0.29, 0.717) is 17.2 Å². The standard InChI is InChI=1S/C15H15N3O4/c16-15(21)17-18(10-14(19)20)11-6-8-13(9-7-11)22-12-4-2-1-3-5-12/h1-9H,10H2,(H,19,20)(H3,16,17,21). The number of carboxylic acids is 1. The van der Waals surface area contributed by atoms with Crippen molar-refractivity contribution in [1.29, 1.82) is 0 Å². The molecule has 0 aromatic heterocycles. The first-order chi connectivity index (χ1) is 10.5. The average molecular weight is 301 g/mol. The molecule has 2 aromatic rings. The maximum atomic E-state index is 10.9. The minimum absolute atomic E-state index is 0.415. The molecule has 0 saturated carbocycles. The van der Waals surface area contributed by atoms with Crippen LogP contribution in [0.25, 0.3) is 0 Å². The van der Waals surface area contributed by atoms with Gasteiger partial charge in [-0.15, -0.1) is 0 Å². The van der Waals surface area contributed by atoms with Crippen molar-refractivity contribution in [3.8, 4) is 11.5 Å². The Hall–Kier alpha value is -3.22. The molecule has 0 aliphatic rings. The van der Waals surface area contributed by atoms with Crippen LogP contribution in [-0.2, 0) is 4.79 Å². The summed E-state index contributed by atoms with van der Waals surface area (Å²) < 4.78 is 5.63. The van der Waals surface area contributed by atoms with Gasteiger partial charge in [-0.2, -0.15) is 0 Å². The average Bonchev–Trinajstić information content (AvgIpc) is 2.47. The lowest BCUT2D eigenvalue weighted by atomic mass is 10.3. The molecule has 7 heteroatoms. The van der Waals surface area contributed by atoms with Gasteiger partial charge in [0.1, 0.15) is 18.0 Å². The molecule has 114 valence electrons. The van der Waals surface area contributed by atoms with E-state index in [1.54, 1.807) is 24.3 Å². The number of urea groups is 1. The molecule has 0 fully saturated rings. The number of hydrazine groups is 1. The number of amides is 2. The molecule has 0 aliphatic carbocycles. The molecule has 0 radical (unpaired) electrons. The van der Waals surface area contributed by atoms with Crippen LogP contribution in [-0.4, -0.2) is 23.7 Å². The second kappa shape index (κ2) is 6.98. The second-order valence-electron chi connectivity index (χ2n) is 4.36. The maximum absolute atomic E-state index is 10.9. The van der Waals surface area contributed by atoms with Gasteiger partial charge in [-0.1, -0.05) is 18.2 Å². The van der Waals surface area contributed by atoms with Gasteiger partial charge >= 0.3 is 12.0 Å². The van der Waals surface area contributed by atoms with Gasteiger partial charge in [0.15, 0.2) is 0 Å². The van der Waals surface area contributed by atoms with E-state index in [1.807, 2.05) is 30.3 Å². The molecular weight excluding hydrogens is 286 g/mol. The lowest BCUT2D eigenvalue weighted by Crippen LogP contribution is -2.47. The normalized spacial score (nSPS) is 9.82. The van der Waals surface area contributed by atoms with Crippen LogP contribution in [0.3, 0.4) is 0 Å². The first-order valence-electron chi connectivity index (χ1n) is 6.43. The summed E-state index contributed by atoms with van der Waals surface area (Å²) >= 11 is 0. The fourth-order valence-corrected chi connectivity index (χ4v) is 1.78. The summed E-state index contributed by atoms with van der Waals surface area (Å²) in [4.78, 5) is 21.7. The van der Waals surface area contributed by atoms with Crippen LogP contribution in [0.15, 0.2) is 54.6 Å². The smallest absolute Gasteiger partial charge is 0.330 e. The van der Waals surface area contributed by atoms with Gasteiger partial charge in [0.2, 0.25) is 0 Å². The van der Waals surface area contributed by atoms with Crippen LogP contribution in [0, 0.1) is 0 Å². The topological polar surface area (TPSA) is 105 Å². The van der Waals surface area contributed by atoms with Crippen molar-refractivity contribution in [1.82, 2.24) is 5.43 Å². The SMILES string of the molecule is NC(=O)NN(CC(=O)O)c1ccc(Oc2ccccc2)cc1. The number of nitrogens with one attached hydrogen (secondary N) is 1. The quantitative estimate of drug-likeness (QED) is 0.707. The van der Waals surface area contributed by atoms with Crippen LogP contribution in [0.2, 0.25) is 0 Å². The monoisotopic (exact) mass is 301 g/mol. The Morgan fingerprint density at radius 3 is 2.18 bits per heavy atom. The Morgan fingerprint density at radius 1 is 1.05 bits per heavy atom. The van der Waals surface area contributed by atoms with Gasteiger partial charge in [-0.3, -0.25) is 9.80 Å². The summed E-state index contributed by atoms with van der Waals surface area (Å²) in [5.74, 6) is 0.176. The number of benzene rings is 2. The molecule has 2 aromatic carbocycles. The van der Waals surface area contributed by atoms with Crippen molar-refractivity contribution in [2.45, 2.75) is 0 Å². The molecule has 22 heavy (non-hydrogen) atoms. The molecule has 0 atom stereocenters. The molecule has 2 amide bonds. The molecule has 0 aliphatic heterocycles. The van der Waals surface area contributed by atoms with E-state index in [9.17, 15) is 9.59 Å².